The minimum absolute atomic E-state index is 0.534. The molecule has 0 radical (unpaired) electrons. The first-order valence-corrected chi connectivity index (χ1v) is 19.1. The molecule has 10 heteroatoms. The van der Waals surface area contributed by atoms with E-state index in [2.05, 4.69) is 6.92 Å². The first-order valence-electron chi connectivity index (χ1n) is 19.1. The van der Waals surface area contributed by atoms with Crippen LogP contribution in [0.5, 0.6) is 0 Å². The minimum Gasteiger partial charge on any atom is -0.382 e. The van der Waals surface area contributed by atoms with Crippen LogP contribution in [0.2, 0.25) is 0 Å². The predicted molar refractivity (Wildman–Crippen MR) is 189 cm³/mol. The van der Waals surface area contributed by atoms with E-state index in [0.717, 1.165) is 13.0 Å². The third-order valence-electron chi connectivity index (χ3n) is 7.55. The molecule has 0 aromatic heterocycles. The van der Waals surface area contributed by atoms with Gasteiger partial charge in [0, 0.05) is 13.7 Å². The molecule has 0 amide bonds. The third kappa shape index (κ3) is 45.6. The number of hydrogen-bond donors (Lipinski definition) is 0. The van der Waals surface area contributed by atoms with E-state index in [4.69, 9.17) is 47.4 Å². The zero-order valence-electron chi connectivity index (χ0n) is 30.8. The summed E-state index contributed by atoms with van der Waals surface area (Å²) in [7, 11) is 1.65. The van der Waals surface area contributed by atoms with E-state index in [1.807, 2.05) is 0 Å². The lowest BCUT2D eigenvalue weighted by Gasteiger charge is -2.09. The van der Waals surface area contributed by atoms with Crippen LogP contribution in [0.25, 0.3) is 0 Å². The molecule has 0 saturated carbocycles. The van der Waals surface area contributed by atoms with Gasteiger partial charge in [-0.1, -0.05) is 103 Å². The Morgan fingerprint density at radius 2 is 0.404 bits per heavy atom. The van der Waals surface area contributed by atoms with E-state index in [-0.39, 0.29) is 0 Å². The maximum atomic E-state index is 5.69. The largest absolute Gasteiger partial charge is 0.382 e. The number of ether oxygens (including phenoxy) is 10. The van der Waals surface area contributed by atoms with Gasteiger partial charge in [-0.25, -0.2) is 0 Å². The molecule has 0 unspecified atom stereocenters. The average molecular weight is 681 g/mol. The summed E-state index contributed by atoms with van der Waals surface area (Å²) in [5.74, 6) is 0. The van der Waals surface area contributed by atoms with Gasteiger partial charge in [0.25, 0.3) is 0 Å². The number of hydrogen-bond acceptors (Lipinski definition) is 10. The van der Waals surface area contributed by atoms with E-state index in [0.29, 0.717) is 119 Å². The second kappa shape index (κ2) is 45.6. The standard InChI is InChI=1S/C37H76O10/c1-3-4-5-6-7-8-9-10-11-12-13-14-15-16-17-18-19-39-22-23-41-26-27-43-30-31-45-34-35-47-37-36-46-33-32-44-29-28-42-25-24-40-21-20-38-2/h3-37H2,1-2H3. The molecule has 0 saturated heterocycles. The Balaban J connectivity index is 3.03. The molecule has 0 aliphatic heterocycles. The molecule has 284 valence electrons. The van der Waals surface area contributed by atoms with Gasteiger partial charge in [0.2, 0.25) is 0 Å². The highest BCUT2D eigenvalue weighted by Crippen LogP contribution is 2.13. The van der Waals surface area contributed by atoms with Crippen LogP contribution in [0.3, 0.4) is 0 Å². The molecule has 0 rings (SSSR count). The Bertz CT molecular complexity index is 485. The van der Waals surface area contributed by atoms with Crippen molar-refractivity contribution in [3.63, 3.8) is 0 Å². The molecule has 0 aliphatic rings. The Morgan fingerprint density at radius 3 is 0.638 bits per heavy atom. The van der Waals surface area contributed by atoms with E-state index in [9.17, 15) is 0 Å². The van der Waals surface area contributed by atoms with E-state index in [1.54, 1.807) is 7.11 Å². The molecule has 0 spiro atoms. The van der Waals surface area contributed by atoms with Crippen LogP contribution in [0.15, 0.2) is 0 Å². The number of unbranched alkanes of at least 4 members (excludes halogenated alkanes) is 15. The second-order valence-electron chi connectivity index (χ2n) is 11.8. The van der Waals surface area contributed by atoms with Crippen molar-refractivity contribution in [3.8, 4) is 0 Å². The van der Waals surface area contributed by atoms with Gasteiger partial charge >= 0.3 is 0 Å². The van der Waals surface area contributed by atoms with Crippen LogP contribution in [0.1, 0.15) is 110 Å². The summed E-state index contributed by atoms with van der Waals surface area (Å²) in [6, 6.07) is 0. The highest BCUT2D eigenvalue weighted by Gasteiger charge is 1.97. The zero-order valence-corrected chi connectivity index (χ0v) is 30.8. The van der Waals surface area contributed by atoms with E-state index < -0.39 is 0 Å². The monoisotopic (exact) mass is 681 g/mol. The van der Waals surface area contributed by atoms with Crippen LogP contribution in [0.4, 0.5) is 0 Å². The van der Waals surface area contributed by atoms with E-state index in [1.165, 1.54) is 96.3 Å². The van der Waals surface area contributed by atoms with Gasteiger partial charge in [-0.2, -0.15) is 0 Å². The molecule has 0 aromatic carbocycles. The van der Waals surface area contributed by atoms with Crippen molar-refractivity contribution in [2.24, 2.45) is 0 Å². The summed E-state index contributed by atoms with van der Waals surface area (Å²) >= 11 is 0. The summed E-state index contributed by atoms with van der Waals surface area (Å²) in [5.41, 5.74) is 0. The van der Waals surface area contributed by atoms with Crippen LogP contribution in [-0.2, 0) is 47.4 Å². The number of rotatable bonds is 44. The highest BCUT2D eigenvalue weighted by molar-refractivity contribution is 4.50. The summed E-state index contributed by atoms with van der Waals surface area (Å²) in [6.45, 7) is 13.3. The fourth-order valence-electron chi connectivity index (χ4n) is 4.76. The molecule has 10 nitrogen and oxygen atoms in total. The minimum atomic E-state index is 0.534. The van der Waals surface area contributed by atoms with Crippen molar-refractivity contribution >= 4 is 0 Å². The number of methoxy groups -OCH3 is 1. The van der Waals surface area contributed by atoms with Crippen molar-refractivity contribution in [2.45, 2.75) is 110 Å². The van der Waals surface area contributed by atoms with Gasteiger partial charge in [-0.05, 0) is 6.42 Å². The summed E-state index contributed by atoms with van der Waals surface area (Å²) < 4.78 is 54.3. The van der Waals surface area contributed by atoms with Gasteiger partial charge in [0.15, 0.2) is 0 Å². The molecule has 0 aromatic rings. The van der Waals surface area contributed by atoms with Crippen molar-refractivity contribution in [1.29, 1.82) is 0 Å². The van der Waals surface area contributed by atoms with Gasteiger partial charge in [0.05, 0.1) is 119 Å². The quantitative estimate of drug-likeness (QED) is 0.0624. The Labute approximate surface area is 289 Å². The zero-order chi connectivity index (χ0) is 33.8. The van der Waals surface area contributed by atoms with Crippen molar-refractivity contribution < 1.29 is 47.4 Å². The van der Waals surface area contributed by atoms with E-state index >= 15 is 0 Å². The molecular weight excluding hydrogens is 604 g/mol. The first-order chi connectivity index (χ1) is 23.4. The van der Waals surface area contributed by atoms with Crippen LogP contribution < -0.4 is 0 Å². The molecule has 0 aliphatic carbocycles. The average Bonchev–Trinajstić information content (AvgIpc) is 3.08. The van der Waals surface area contributed by atoms with Gasteiger partial charge in [0.1, 0.15) is 0 Å². The molecule has 0 bridgehead atoms. The smallest absolute Gasteiger partial charge is 0.0701 e. The van der Waals surface area contributed by atoms with Gasteiger partial charge in [-0.15, -0.1) is 0 Å². The Hall–Kier alpha value is -0.400. The van der Waals surface area contributed by atoms with Crippen LogP contribution in [0, 0.1) is 0 Å². The maximum Gasteiger partial charge on any atom is 0.0701 e. The summed E-state index contributed by atoms with van der Waals surface area (Å²) in [6.07, 6.45) is 22.2. The first kappa shape index (κ1) is 46.6. The third-order valence-corrected chi connectivity index (χ3v) is 7.55. The fourth-order valence-corrected chi connectivity index (χ4v) is 4.76. The molecule has 0 atom stereocenters. The van der Waals surface area contributed by atoms with Gasteiger partial charge < -0.3 is 47.4 Å². The van der Waals surface area contributed by atoms with Crippen LogP contribution in [-0.4, -0.2) is 133 Å². The topological polar surface area (TPSA) is 92.3 Å². The fraction of sp³-hybridized carbons (Fsp3) is 1.00. The molecule has 0 fully saturated rings. The molecule has 47 heavy (non-hydrogen) atoms. The van der Waals surface area contributed by atoms with Crippen molar-refractivity contribution in [1.82, 2.24) is 0 Å². The van der Waals surface area contributed by atoms with Crippen LogP contribution >= 0.6 is 0 Å². The highest BCUT2D eigenvalue weighted by atomic mass is 16.6. The van der Waals surface area contributed by atoms with Gasteiger partial charge in [-0.3, -0.25) is 0 Å². The predicted octanol–water partition coefficient (Wildman–Crippen LogP) is 7.04. The summed E-state index contributed by atoms with van der Waals surface area (Å²) in [5, 5.41) is 0. The normalized spacial score (nSPS) is 11.6. The Kier molecular flexibility index (Phi) is 45.2. The summed E-state index contributed by atoms with van der Waals surface area (Å²) in [4.78, 5) is 0. The Morgan fingerprint density at radius 1 is 0.213 bits per heavy atom. The van der Waals surface area contributed by atoms with Crippen molar-refractivity contribution in [3.05, 3.63) is 0 Å². The second-order valence-corrected chi connectivity index (χ2v) is 11.8. The lowest BCUT2D eigenvalue weighted by Crippen LogP contribution is -2.15. The lowest BCUT2D eigenvalue weighted by molar-refractivity contribution is -0.0259. The lowest BCUT2D eigenvalue weighted by atomic mass is 10.0. The SMILES string of the molecule is CCCCCCCCCCCCCCCCCCOCCOCCOCCOCCOCCOCCOCCOCCOCCOC. The molecule has 0 heterocycles. The molecular formula is C37H76O10. The maximum absolute atomic E-state index is 5.69. The van der Waals surface area contributed by atoms with Crippen molar-refractivity contribution in [2.75, 3.05) is 133 Å². The molecule has 0 N–H and O–H groups in total.